The molecule has 1 atom stereocenters. The normalized spacial score (nSPS) is 12.3. The average molecular weight is 289 g/mol. The second kappa shape index (κ2) is 8.03. The van der Waals surface area contributed by atoms with Crippen molar-refractivity contribution in [3.63, 3.8) is 0 Å². The summed E-state index contributed by atoms with van der Waals surface area (Å²) in [5.74, 6) is 0. The first-order chi connectivity index (χ1) is 9.81. The van der Waals surface area contributed by atoms with Crippen molar-refractivity contribution in [3.8, 4) is 0 Å². The third-order valence-corrected chi connectivity index (χ3v) is 3.69. The van der Waals surface area contributed by atoms with Crippen molar-refractivity contribution in [2.45, 2.75) is 32.2 Å². The van der Waals surface area contributed by atoms with Crippen LogP contribution in [0.1, 0.15) is 37.1 Å². The molecule has 0 bridgehead atoms. The summed E-state index contributed by atoms with van der Waals surface area (Å²) in [7, 11) is 0. The largest absolute Gasteiger partial charge is 0.309 e. The van der Waals surface area contributed by atoms with E-state index in [1.807, 2.05) is 18.3 Å². The molecule has 1 aromatic carbocycles. The minimum absolute atomic E-state index is 0.234. The zero-order valence-corrected chi connectivity index (χ0v) is 12.6. The molecule has 3 heteroatoms. The van der Waals surface area contributed by atoms with Crippen molar-refractivity contribution in [2.75, 3.05) is 6.54 Å². The van der Waals surface area contributed by atoms with Gasteiger partial charge in [0.2, 0.25) is 0 Å². The van der Waals surface area contributed by atoms with E-state index >= 15 is 0 Å². The van der Waals surface area contributed by atoms with E-state index in [1.54, 1.807) is 0 Å². The summed E-state index contributed by atoms with van der Waals surface area (Å²) in [6.45, 7) is 3.03. The van der Waals surface area contributed by atoms with E-state index in [-0.39, 0.29) is 6.04 Å². The number of benzene rings is 1. The summed E-state index contributed by atoms with van der Waals surface area (Å²) in [5.41, 5.74) is 2.35. The Kier molecular flexibility index (Phi) is 6.03. The van der Waals surface area contributed by atoms with E-state index in [0.29, 0.717) is 0 Å². The van der Waals surface area contributed by atoms with Crippen molar-refractivity contribution in [1.82, 2.24) is 10.3 Å². The maximum absolute atomic E-state index is 6.25. The standard InChI is InChI=1S/C17H21ClN2/c1-2-19-16(17-15(18)11-7-13-20-17)12-6-10-14-8-4-3-5-9-14/h3-5,7-9,11,13,16,19H,2,6,10,12H2,1H3. The molecule has 0 aliphatic heterocycles. The fourth-order valence-corrected chi connectivity index (χ4v) is 2.64. The number of aryl methyl sites for hydroxylation is 1. The first-order valence-electron chi connectivity index (χ1n) is 7.19. The number of hydrogen-bond acceptors (Lipinski definition) is 2. The molecule has 1 heterocycles. The summed E-state index contributed by atoms with van der Waals surface area (Å²) in [5, 5.41) is 4.23. The molecule has 0 aliphatic carbocycles. The Bertz CT molecular complexity index is 513. The van der Waals surface area contributed by atoms with Crippen LogP contribution in [0.4, 0.5) is 0 Å². The molecule has 0 fully saturated rings. The molecule has 2 rings (SSSR count). The topological polar surface area (TPSA) is 24.9 Å². The monoisotopic (exact) mass is 288 g/mol. The summed E-state index contributed by atoms with van der Waals surface area (Å²) >= 11 is 6.25. The summed E-state index contributed by atoms with van der Waals surface area (Å²) in [4.78, 5) is 4.43. The molecular weight excluding hydrogens is 268 g/mol. The number of nitrogens with zero attached hydrogens (tertiary/aromatic N) is 1. The van der Waals surface area contributed by atoms with Crippen LogP contribution in [0.5, 0.6) is 0 Å². The zero-order chi connectivity index (χ0) is 14.2. The molecule has 0 saturated heterocycles. The third-order valence-electron chi connectivity index (χ3n) is 3.37. The molecule has 0 spiro atoms. The Morgan fingerprint density at radius 3 is 2.65 bits per heavy atom. The van der Waals surface area contributed by atoms with Crippen LogP contribution in [0.2, 0.25) is 5.02 Å². The average Bonchev–Trinajstić information content (AvgIpc) is 2.48. The molecule has 0 radical (unpaired) electrons. The molecule has 1 unspecified atom stereocenters. The first-order valence-corrected chi connectivity index (χ1v) is 7.56. The van der Waals surface area contributed by atoms with Crippen LogP contribution in [0.3, 0.4) is 0 Å². The Hall–Kier alpha value is -1.38. The SMILES string of the molecule is CCNC(CCCc1ccccc1)c1ncccc1Cl. The molecule has 0 amide bonds. The van der Waals surface area contributed by atoms with Crippen molar-refractivity contribution in [1.29, 1.82) is 0 Å². The van der Waals surface area contributed by atoms with Crippen LogP contribution in [0, 0.1) is 0 Å². The van der Waals surface area contributed by atoms with Gasteiger partial charge in [-0.05, 0) is 43.5 Å². The molecule has 2 aromatic rings. The Morgan fingerprint density at radius 1 is 1.15 bits per heavy atom. The minimum Gasteiger partial charge on any atom is -0.309 e. The summed E-state index contributed by atoms with van der Waals surface area (Å²) in [6, 6.07) is 14.6. The quantitative estimate of drug-likeness (QED) is 0.816. The Balaban J connectivity index is 1.95. The molecule has 0 saturated carbocycles. The number of aromatic nitrogens is 1. The van der Waals surface area contributed by atoms with Crippen molar-refractivity contribution in [3.05, 3.63) is 64.9 Å². The predicted octanol–water partition coefficient (Wildman–Crippen LogP) is 4.41. The smallest absolute Gasteiger partial charge is 0.0758 e. The van der Waals surface area contributed by atoms with Crippen molar-refractivity contribution < 1.29 is 0 Å². The van der Waals surface area contributed by atoms with E-state index in [0.717, 1.165) is 36.5 Å². The van der Waals surface area contributed by atoms with Gasteiger partial charge in [-0.25, -0.2) is 0 Å². The third kappa shape index (κ3) is 4.32. The van der Waals surface area contributed by atoms with Crippen LogP contribution in [0.15, 0.2) is 48.7 Å². The fraction of sp³-hybridized carbons (Fsp3) is 0.353. The van der Waals surface area contributed by atoms with Gasteiger partial charge in [0.1, 0.15) is 0 Å². The highest BCUT2D eigenvalue weighted by Gasteiger charge is 2.14. The van der Waals surface area contributed by atoms with Crippen LogP contribution < -0.4 is 5.32 Å². The highest BCUT2D eigenvalue weighted by atomic mass is 35.5. The minimum atomic E-state index is 0.234. The molecule has 20 heavy (non-hydrogen) atoms. The lowest BCUT2D eigenvalue weighted by molar-refractivity contribution is 0.488. The number of rotatable bonds is 7. The van der Waals surface area contributed by atoms with Crippen LogP contribution >= 0.6 is 11.6 Å². The van der Waals surface area contributed by atoms with E-state index in [1.165, 1.54) is 5.56 Å². The fourth-order valence-electron chi connectivity index (χ4n) is 2.39. The van der Waals surface area contributed by atoms with Gasteiger partial charge in [-0.15, -0.1) is 0 Å². The van der Waals surface area contributed by atoms with E-state index < -0.39 is 0 Å². The number of halogens is 1. The van der Waals surface area contributed by atoms with Crippen molar-refractivity contribution >= 4 is 11.6 Å². The molecule has 2 nitrogen and oxygen atoms in total. The van der Waals surface area contributed by atoms with Gasteiger partial charge < -0.3 is 5.32 Å². The summed E-state index contributed by atoms with van der Waals surface area (Å²) < 4.78 is 0. The molecule has 106 valence electrons. The van der Waals surface area contributed by atoms with Crippen LogP contribution in [0.25, 0.3) is 0 Å². The first kappa shape index (κ1) is 15.0. The van der Waals surface area contributed by atoms with Crippen LogP contribution in [-0.2, 0) is 6.42 Å². The molecule has 1 N–H and O–H groups in total. The highest BCUT2D eigenvalue weighted by molar-refractivity contribution is 6.31. The van der Waals surface area contributed by atoms with E-state index in [4.69, 9.17) is 11.6 Å². The van der Waals surface area contributed by atoms with E-state index in [2.05, 4.69) is 47.6 Å². The highest BCUT2D eigenvalue weighted by Crippen LogP contribution is 2.24. The van der Waals surface area contributed by atoms with Gasteiger partial charge in [0.05, 0.1) is 16.8 Å². The van der Waals surface area contributed by atoms with Gasteiger partial charge in [0.15, 0.2) is 0 Å². The molecule has 0 aliphatic rings. The second-order valence-electron chi connectivity index (χ2n) is 4.86. The molecular formula is C17H21ClN2. The van der Waals surface area contributed by atoms with Gasteiger partial charge in [-0.3, -0.25) is 4.98 Å². The predicted molar refractivity (Wildman–Crippen MR) is 85.0 cm³/mol. The van der Waals surface area contributed by atoms with E-state index in [9.17, 15) is 0 Å². The van der Waals surface area contributed by atoms with Gasteiger partial charge in [0, 0.05) is 6.20 Å². The maximum atomic E-state index is 6.25. The number of hydrogen-bond donors (Lipinski definition) is 1. The van der Waals surface area contributed by atoms with Crippen LogP contribution in [-0.4, -0.2) is 11.5 Å². The number of nitrogens with one attached hydrogen (secondary N) is 1. The summed E-state index contributed by atoms with van der Waals surface area (Å²) in [6.07, 6.45) is 5.06. The molecule has 1 aromatic heterocycles. The van der Waals surface area contributed by atoms with Gasteiger partial charge in [-0.1, -0.05) is 48.9 Å². The lowest BCUT2D eigenvalue weighted by Gasteiger charge is -2.18. The van der Waals surface area contributed by atoms with Crippen molar-refractivity contribution in [2.24, 2.45) is 0 Å². The Labute approximate surface area is 126 Å². The maximum Gasteiger partial charge on any atom is 0.0758 e. The van der Waals surface area contributed by atoms with Gasteiger partial charge in [-0.2, -0.15) is 0 Å². The zero-order valence-electron chi connectivity index (χ0n) is 11.8. The lowest BCUT2D eigenvalue weighted by atomic mass is 10.0. The number of pyridine rings is 1. The lowest BCUT2D eigenvalue weighted by Crippen LogP contribution is -2.22. The van der Waals surface area contributed by atoms with Gasteiger partial charge in [0.25, 0.3) is 0 Å². The van der Waals surface area contributed by atoms with Gasteiger partial charge >= 0.3 is 0 Å². The Morgan fingerprint density at radius 2 is 1.95 bits per heavy atom. The second-order valence-corrected chi connectivity index (χ2v) is 5.27.